The fraction of sp³-hybridized carbons (Fsp3) is 0.294. The molecule has 3 aromatic rings. The predicted molar refractivity (Wildman–Crippen MR) is 93.3 cm³/mol. The van der Waals surface area contributed by atoms with Crippen molar-refractivity contribution in [2.24, 2.45) is 0 Å². The van der Waals surface area contributed by atoms with E-state index in [1.807, 2.05) is 0 Å². The third kappa shape index (κ3) is 3.61. The van der Waals surface area contributed by atoms with Gasteiger partial charge in [-0.3, -0.25) is 0 Å². The fourth-order valence-corrected chi connectivity index (χ4v) is 3.34. The molecule has 0 radical (unpaired) electrons. The van der Waals surface area contributed by atoms with Gasteiger partial charge in [0.25, 0.3) is 0 Å². The van der Waals surface area contributed by atoms with Gasteiger partial charge in [-0.2, -0.15) is 0 Å². The third-order valence-electron chi connectivity index (χ3n) is 3.53. The van der Waals surface area contributed by atoms with E-state index in [1.54, 1.807) is 17.7 Å². The van der Waals surface area contributed by atoms with E-state index >= 15 is 0 Å². The predicted octanol–water partition coefficient (Wildman–Crippen LogP) is 3.62. The Morgan fingerprint density at radius 2 is 2.00 bits per heavy atom. The van der Waals surface area contributed by atoms with Crippen molar-refractivity contribution in [1.29, 1.82) is 0 Å². The number of fused-ring (bicyclic) bond motifs is 1. The van der Waals surface area contributed by atoms with Gasteiger partial charge in [0.15, 0.2) is 0 Å². The van der Waals surface area contributed by atoms with Crippen LogP contribution in [0.25, 0.3) is 10.2 Å². The minimum Gasteiger partial charge on any atom is -0.366 e. The van der Waals surface area contributed by atoms with Gasteiger partial charge in [-0.05, 0) is 31.0 Å². The summed E-state index contributed by atoms with van der Waals surface area (Å²) >= 11 is 1.64. The normalized spacial score (nSPS) is 12.7. The van der Waals surface area contributed by atoms with Crippen LogP contribution in [0.2, 0.25) is 0 Å². The Morgan fingerprint density at radius 3 is 2.82 bits per heavy atom. The number of rotatable bonds is 6. The van der Waals surface area contributed by atoms with E-state index in [0.717, 1.165) is 29.1 Å². The molecule has 2 heterocycles. The van der Waals surface area contributed by atoms with Crippen molar-refractivity contribution in [3.05, 3.63) is 53.7 Å². The lowest BCUT2D eigenvalue weighted by Gasteiger charge is -2.22. The van der Waals surface area contributed by atoms with Crippen LogP contribution >= 0.6 is 11.3 Å². The zero-order chi connectivity index (χ0) is 15.4. The van der Waals surface area contributed by atoms with E-state index in [9.17, 15) is 0 Å². The lowest BCUT2D eigenvalue weighted by molar-refractivity contribution is 0.316. The quantitative estimate of drug-likeness (QED) is 0.755. The number of hydrogen-bond acceptors (Lipinski definition) is 5. The van der Waals surface area contributed by atoms with Gasteiger partial charge in [-0.1, -0.05) is 30.3 Å². The zero-order valence-electron chi connectivity index (χ0n) is 12.9. The second kappa shape index (κ2) is 6.85. The smallest absolute Gasteiger partial charge is 0.138 e. The molecule has 1 atom stereocenters. The molecular formula is C17H20N4S. The molecule has 114 valence electrons. The highest BCUT2D eigenvalue weighted by Gasteiger charge is 2.10. The summed E-state index contributed by atoms with van der Waals surface area (Å²) in [6.07, 6.45) is 1.63. The molecule has 1 N–H and O–H groups in total. The van der Waals surface area contributed by atoms with Crippen LogP contribution in [-0.4, -0.2) is 34.5 Å². The summed E-state index contributed by atoms with van der Waals surface area (Å²) in [6, 6.07) is 12.9. The molecule has 5 heteroatoms. The van der Waals surface area contributed by atoms with Crippen LogP contribution in [0.15, 0.2) is 48.1 Å². The molecule has 22 heavy (non-hydrogen) atoms. The number of anilines is 1. The molecule has 0 fully saturated rings. The van der Waals surface area contributed by atoms with E-state index < -0.39 is 0 Å². The molecule has 0 saturated carbocycles. The first kappa shape index (κ1) is 14.9. The first-order valence-corrected chi connectivity index (χ1v) is 8.27. The summed E-state index contributed by atoms with van der Waals surface area (Å²) in [5.74, 6) is 0.923. The van der Waals surface area contributed by atoms with Crippen molar-refractivity contribution in [3.8, 4) is 0 Å². The number of thiophene rings is 1. The highest BCUT2D eigenvalue weighted by atomic mass is 32.1. The molecule has 0 bridgehead atoms. The molecule has 4 nitrogen and oxygen atoms in total. The highest BCUT2D eigenvalue weighted by Crippen LogP contribution is 2.24. The topological polar surface area (TPSA) is 41.0 Å². The van der Waals surface area contributed by atoms with Crippen LogP contribution in [0.5, 0.6) is 0 Å². The molecule has 1 aromatic carbocycles. The van der Waals surface area contributed by atoms with E-state index in [4.69, 9.17) is 0 Å². The van der Waals surface area contributed by atoms with E-state index in [2.05, 4.69) is 75.9 Å². The van der Waals surface area contributed by atoms with Gasteiger partial charge < -0.3 is 10.2 Å². The van der Waals surface area contributed by atoms with Crippen molar-refractivity contribution in [2.75, 3.05) is 18.9 Å². The number of benzene rings is 1. The van der Waals surface area contributed by atoms with E-state index in [-0.39, 0.29) is 0 Å². The van der Waals surface area contributed by atoms with Gasteiger partial charge in [-0.25, -0.2) is 9.97 Å². The Bertz CT molecular complexity index is 726. The Kier molecular flexibility index (Phi) is 4.65. The Balaban J connectivity index is 1.60. The van der Waals surface area contributed by atoms with E-state index in [1.165, 1.54) is 5.56 Å². The molecule has 1 unspecified atom stereocenters. The van der Waals surface area contributed by atoms with Crippen LogP contribution < -0.4 is 5.32 Å². The largest absolute Gasteiger partial charge is 0.366 e. The van der Waals surface area contributed by atoms with Gasteiger partial charge in [0, 0.05) is 19.1 Å². The number of likely N-dealkylation sites (N-methyl/N-ethyl adjacent to an activating group) is 1. The SMILES string of the molecule is CC(CN(C)Cc1ccccc1)Nc1ncnc2sccc12. The van der Waals surface area contributed by atoms with Gasteiger partial charge in [0.2, 0.25) is 0 Å². The molecule has 0 spiro atoms. The standard InChI is InChI=1S/C17H20N4S/c1-13(10-21(2)11-14-6-4-3-5-7-14)20-16-15-8-9-22-17(15)19-12-18-16/h3-9,12-13H,10-11H2,1-2H3,(H,18,19,20). The van der Waals surface area contributed by atoms with Crippen LogP contribution in [0.4, 0.5) is 5.82 Å². The molecule has 0 aliphatic rings. The van der Waals surface area contributed by atoms with Crippen LogP contribution in [0.3, 0.4) is 0 Å². The van der Waals surface area contributed by atoms with E-state index in [0.29, 0.717) is 6.04 Å². The average molecular weight is 312 g/mol. The summed E-state index contributed by atoms with van der Waals surface area (Å²) in [7, 11) is 2.14. The number of nitrogens with zero attached hydrogens (tertiary/aromatic N) is 3. The Hall–Kier alpha value is -1.98. The molecule has 3 rings (SSSR count). The van der Waals surface area contributed by atoms with Gasteiger partial charge in [0.1, 0.15) is 17.0 Å². The monoisotopic (exact) mass is 312 g/mol. The fourth-order valence-electron chi connectivity index (χ4n) is 2.61. The molecule has 2 aromatic heterocycles. The lowest BCUT2D eigenvalue weighted by Crippen LogP contribution is -2.32. The van der Waals surface area contributed by atoms with Gasteiger partial charge in [-0.15, -0.1) is 11.3 Å². The van der Waals surface area contributed by atoms with Crippen LogP contribution in [0, 0.1) is 0 Å². The second-order valence-corrected chi connectivity index (χ2v) is 6.48. The van der Waals surface area contributed by atoms with Gasteiger partial charge >= 0.3 is 0 Å². The molecule has 0 saturated heterocycles. The highest BCUT2D eigenvalue weighted by molar-refractivity contribution is 7.16. The lowest BCUT2D eigenvalue weighted by atomic mass is 10.2. The number of nitrogens with one attached hydrogen (secondary N) is 1. The number of aromatic nitrogens is 2. The van der Waals surface area contributed by atoms with Crippen molar-refractivity contribution in [2.45, 2.75) is 19.5 Å². The Labute approximate surface area is 134 Å². The van der Waals surface area contributed by atoms with Gasteiger partial charge in [0.05, 0.1) is 5.39 Å². The molecule has 0 amide bonds. The maximum atomic E-state index is 4.38. The van der Waals surface area contributed by atoms with Crippen LogP contribution in [-0.2, 0) is 6.54 Å². The van der Waals surface area contributed by atoms with Crippen molar-refractivity contribution < 1.29 is 0 Å². The number of hydrogen-bond donors (Lipinski definition) is 1. The minimum atomic E-state index is 0.312. The minimum absolute atomic E-state index is 0.312. The third-order valence-corrected chi connectivity index (χ3v) is 4.35. The zero-order valence-corrected chi connectivity index (χ0v) is 13.7. The van der Waals surface area contributed by atoms with Crippen LogP contribution in [0.1, 0.15) is 12.5 Å². The first-order valence-electron chi connectivity index (χ1n) is 7.39. The summed E-state index contributed by atoms with van der Waals surface area (Å²) in [5.41, 5.74) is 1.33. The van der Waals surface area contributed by atoms with Crippen molar-refractivity contribution >= 4 is 27.4 Å². The maximum absolute atomic E-state index is 4.38. The summed E-state index contributed by atoms with van der Waals surface area (Å²) in [6.45, 7) is 4.08. The Morgan fingerprint density at radius 1 is 1.18 bits per heavy atom. The molecular weight excluding hydrogens is 292 g/mol. The summed E-state index contributed by atoms with van der Waals surface area (Å²) in [5, 5.41) is 6.66. The molecule has 0 aliphatic carbocycles. The first-order chi connectivity index (χ1) is 10.7. The summed E-state index contributed by atoms with van der Waals surface area (Å²) < 4.78 is 0. The van der Waals surface area contributed by atoms with Crippen molar-refractivity contribution in [3.63, 3.8) is 0 Å². The van der Waals surface area contributed by atoms with Crippen molar-refractivity contribution in [1.82, 2.24) is 14.9 Å². The molecule has 0 aliphatic heterocycles. The second-order valence-electron chi connectivity index (χ2n) is 5.59. The maximum Gasteiger partial charge on any atom is 0.138 e. The average Bonchev–Trinajstić information content (AvgIpc) is 2.97. The summed E-state index contributed by atoms with van der Waals surface area (Å²) in [4.78, 5) is 12.0.